The summed E-state index contributed by atoms with van der Waals surface area (Å²) in [4.78, 5) is 2.25. The molecular weight excluding hydrogens is 266 g/mol. The molecule has 0 spiro atoms. The van der Waals surface area contributed by atoms with Crippen molar-refractivity contribution in [2.24, 2.45) is 5.73 Å². The van der Waals surface area contributed by atoms with Crippen molar-refractivity contribution >= 4 is 11.5 Å². The van der Waals surface area contributed by atoms with Gasteiger partial charge in [-0.3, -0.25) is 5.41 Å². The standard InChI is InChI=1S/C16H25N3O2/c1-3-9-21-13-5-4-8-19(11-13)15-10-12(20-2)6-7-14(15)16(17)18/h6-7,10,13H,3-5,8-9,11H2,1-2H3,(H3,17,18). The van der Waals surface area contributed by atoms with E-state index in [-0.39, 0.29) is 11.9 Å². The quantitative estimate of drug-likeness (QED) is 0.623. The molecule has 1 atom stereocenters. The first-order valence-electron chi connectivity index (χ1n) is 7.54. The maximum atomic E-state index is 7.76. The van der Waals surface area contributed by atoms with E-state index >= 15 is 0 Å². The average Bonchev–Trinajstić information content (AvgIpc) is 2.52. The highest BCUT2D eigenvalue weighted by Crippen LogP contribution is 2.29. The van der Waals surface area contributed by atoms with Gasteiger partial charge in [-0.1, -0.05) is 6.92 Å². The van der Waals surface area contributed by atoms with Crippen LogP contribution in [0.4, 0.5) is 5.69 Å². The van der Waals surface area contributed by atoms with Gasteiger partial charge in [-0.15, -0.1) is 0 Å². The highest BCUT2D eigenvalue weighted by molar-refractivity contribution is 6.00. The van der Waals surface area contributed by atoms with Gasteiger partial charge in [-0.25, -0.2) is 0 Å². The van der Waals surface area contributed by atoms with Crippen LogP contribution in [0.15, 0.2) is 18.2 Å². The van der Waals surface area contributed by atoms with Gasteiger partial charge >= 0.3 is 0 Å². The minimum absolute atomic E-state index is 0.0873. The lowest BCUT2D eigenvalue weighted by molar-refractivity contribution is 0.0440. The van der Waals surface area contributed by atoms with Gasteiger partial charge in [0.25, 0.3) is 0 Å². The van der Waals surface area contributed by atoms with Crippen molar-refractivity contribution in [3.8, 4) is 5.75 Å². The molecule has 1 aromatic carbocycles. The fourth-order valence-electron chi connectivity index (χ4n) is 2.71. The zero-order valence-corrected chi connectivity index (χ0v) is 12.9. The van der Waals surface area contributed by atoms with E-state index in [2.05, 4.69) is 11.8 Å². The van der Waals surface area contributed by atoms with Crippen LogP contribution < -0.4 is 15.4 Å². The van der Waals surface area contributed by atoms with Crippen LogP contribution in [0.1, 0.15) is 31.7 Å². The van der Waals surface area contributed by atoms with E-state index in [4.69, 9.17) is 20.6 Å². The van der Waals surface area contributed by atoms with Gasteiger partial charge in [-0.05, 0) is 31.4 Å². The Labute approximate surface area is 126 Å². The second-order valence-electron chi connectivity index (χ2n) is 5.38. The Bertz CT molecular complexity index is 490. The summed E-state index contributed by atoms with van der Waals surface area (Å²) in [5.74, 6) is 0.871. The fraction of sp³-hybridized carbons (Fsp3) is 0.562. The Morgan fingerprint density at radius 2 is 2.29 bits per heavy atom. The molecule has 5 nitrogen and oxygen atoms in total. The summed E-state index contributed by atoms with van der Waals surface area (Å²) in [6.45, 7) is 4.72. The topological polar surface area (TPSA) is 71.6 Å². The van der Waals surface area contributed by atoms with Crippen LogP contribution in [0, 0.1) is 5.41 Å². The molecular formula is C16H25N3O2. The summed E-state index contributed by atoms with van der Waals surface area (Å²) in [6.07, 6.45) is 3.47. The van der Waals surface area contributed by atoms with Crippen molar-refractivity contribution in [2.45, 2.75) is 32.3 Å². The highest BCUT2D eigenvalue weighted by Gasteiger charge is 2.23. The van der Waals surface area contributed by atoms with E-state index in [1.165, 1.54) is 0 Å². The van der Waals surface area contributed by atoms with Gasteiger partial charge in [-0.2, -0.15) is 0 Å². The molecule has 1 unspecified atom stereocenters. The molecule has 1 heterocycles. The molecule has 0 saturated carbocycles. The zero-order chi connectivity index (χ0) is 15.2. The van der Waals surface area contributed by atoms with Crippen LogP contribution in [-0.4, -0.2) is 38.7 Å². The van der Waals surface area contributed by atoms with E-state index in [0.717, 1.165) is 56.0 Å². The summed E-state index contributed by atoms with van der Waals surface area (Å²) in [5.41, 5.74) is 7.43. The van der Waals surface area contributed by atoms with Gasteiger partial charge in [0.2, 0.25) is 0 Å². The van der Waals surface area contributed by atoms with Crippen LogP contribution in [0.2, 0.25) is 0 Å². The fourth-order valence-corrected chi connectivity index (χ4v) is 2.71. The number of hydrogen-bond donors (Lipinski definition) is 2. The predicted octanol–water partition coefficient (Wildman–Crippen LogP) is 2.37. The monoisotopic (exact) mass is 291 g/mol. The smallest absolute Gasteiger partial charge is 0.124 e. The van der Waals surface area contributed by atoms with E-state index in [1.807, 2.05) is 18.2 Å². The molecule has 1 saturated heterocycles. The number of benzene rings is 1. The van der Waals surface area contributed by atoms with Gasteiger partial charge in [0.05, 0.1) is 18.9 Å². The maximum absolute atomic E-state index is 7.76. The van der Waals surface area contributed by atoms with E-state index in [0.29, 0.717) is 0 Å². The number of nitrogens with zero attached hydrogens (tertiary/aromatic N) is 1. The van der Waals surface area contributed by atoms with Crippen LogP contribution in [-0.2, 0) is 4.74 Å². The van der Waals surface area contributed by atoms with Crippen molar-refractivity contribution in [3.05, 3.63) is 23.8 Å². The summed E-state index contributed by atoms with van der Waals surface area (Å²) in [7, 11) is 1.65. The lowest BCUT2D eigenvalue weighted by atomic mass is 10.0. The number of ether oxygens (including phenoxy) is 2. The molecule has 1 aliphatic rings. The number of anilines is 1. The number of hydrogen-bond acceptors (Lipinski definition) is 4. The van der Waals surface area contributed by atoms with Crippen molar-refractivity contribution in [2.75, 3.05) is 31.7 Å². The molecule has 1 aliphatic heterocycles. The van der Waals surface area contributed by atoms with E-state index in [9.17, 15) is 0 Å². The third kappa shape index (κ3) is 3.88. The largest absolute Gasteiger partial charge is 0.497 e. The van der Waals surface area contributed by atoms with Crippen LogP contribution >= 0.6 is 0 Å². The number of rotatable bonds is 6. The number of nitrogens with one attached hydrogen (secondary N) is 1. The minimum Gasteiger partial charge on any atom is -0.497 e. The minimum atomic E-state index is 0.0873. The summed E-state index contributed by atoms with van der Waals surface area (Å²) in [5, 5.41) is 7.76. The first kappa shape index (κ1) is 15.6. The molecule has 1 aromatic rings. The molecule has 3 N–H and O–H groups in total. The summed E-state index contributed by atoms with van der Waals surface area (Å²) in [6, 6.07) is 5.65. The van der Waals surface area contributed by atoms with Crippen LogP contribution in [0.25, 0.3) is 0 Å². The maximum Gasteiger partial charge on any atom is 0.124 e. The van der Waals surface area contributed by atoms with E-state index < -0.39 is 0 Å². The SMILES string of the molecule is CCCOC1CCCN(c2cc(OC)ccc2C(=N)N)C1. The molecule has 1 fully saturated rings. The Kier molecular flexibility index (Phi) is 5.44. The van der Waals surface area contributed by atoms with Gasteiger partial charge in [0.15, 0.2) is 0 Å². The number of methoxy groups -OCH3 is 1. The first-order chi connectivity index (χ1) is 10.2. The number of piperidine rings is 1. The lowest BCUT2D eigenvalue weighted by Gasteiger charge is -2.35. The predicted molar refractivity (Wildman–Crippen MR) is 85.5 cm³/mol. The zero-order valence-electron chi connectivity index (χ0n) is 12.9. The third-order valence-electron chi connectivity index (χ3n) is 3.77. The van der Waals surface area contributed by atoms with Crippen molar-refractivity contribution in [1.29, 1.82) is 5.41 Å². The lowest BCUT2D eigenvalue weighted by Crippen LogP contribution is -2.40. The van der Waals surface area contributed by atoms with Crippen LogP contribution in [0.3, 0.4) is 0 Å². The third-order valence-corrected chi connectivity index (χ3v) is 3.77. The van der Waals surface area contributed by atoms with Crippen molar-refractivity contribution < 1.29 is 9.47 Å². The molecule has 2 rings (SSSR count). The second-order valence-corrected chi connectivity index (χ2v) is 5.38. The van der Waals surface area contributed by atoms with Gasteiger partial charge in [0.1, 0.15) is 11.6 Å². The Balaban J connectivity index is 2.20. The van der Waals surface area contributed by atoms with Gasteiger partial charge in [0, 0.05) is 31.3 Å². The van der Waals surface area contributed by atoms with Gasteiger partial charge < -0.3 is 20.1 Å². The Hall–Kier alpha value is -1.75. The Morgan fingerprint density at radius 1 is 1.48 bits per heavy atom. The number of nitrogens with two attached hydrogens (primary N) is 1. The van der Waals surface area contributed by atoms with Crippen molar-refractivity contribution in [1.82, 2.24) is 0 Å². The van der Waals surface area contributed by atoms with Crippen molar-refractivity contribution in [3.63, 3.8) is 0 Å². The normalized spacial score (nSPS) is 18.6. The highest BCUT2D eigenvalue weighted by atomic mass is 16.5. The molecule has 0 bridgehead atoms. The molecule has 0 aromatic heterocycles. The molecule has 0 amide bonds. The Morgan fingerprint density at radius 3 is 2.95 bits per heavy atom. The molecule has 0 aliphatic carbocycles. The molecule has 116 valence electrons. The van der Waals surface area contributed by atoms with E-state index in [1.54, 1.807) is 7.11 Å². The summed E-state index contributed by atoms with van der Waals surface area (Å²) >= 11 is 0. The van der Waals surface area contributed by atoms with Crippen LogP contribution in [0.5, 0.6) is 5.75 Å². The molecule has 5 heteroatoms. The molecule has 21 heavy (non-hydrogen) atoms. The number of amidine groups is 1. The molecule has 0 radical (unpaired) electrons. The summed E-state index contributed by atoms with van der Waals surface area (Å²) < 4.78 is 11.2. The number of nitrogen functional groups attached to an aromatic ring is 1. The first-order valence-corrected chi connectivity index (χ1v) is 7.54. The second kappa shape index (κ2) is 7.31. The average molecular weight is 291 g/mol.